The molecule has 0 saturated heterocycles. The van der Waals surface area contributed by atoms with E-state index in [0.717, 1.165) is 12.0 Å². The second-order valence-corrected chi connectivity index (χ2v) is 4.11. The van der Waals surface area contributed by atoms with Crippen LogP contribution in [0, 0.1) is 5.92 Å². The molecule has 0 aromatic rings. The average Bonchev–Trinajstić information content (AvgIpc) is 2.26. The summed E-state index contributed by atoms with van der Waals surface area (Å²) in [7, 11) is 0. The van der Waals surface area contributed by atoms with Crippen LogP contribution in [-0.2, 0) is 4.79 Å². The van der Waals surface area contributed by atoms with Crippen molar-refractivity contribution in [2.45, 2.75) is 44.9 Å². The van der Waals surface area contributed by atoms with Crippen molar-refractivity contribution in [1.82, 2.24) is 0 Å². The van der Waals surface area contributed by atoms with Crippen molar-refractivity contribution in [3.05, 3.63) is 24.8 Å². The maximum absolute atomic E-state index is 11.7. The zero-order valence-corrected chi connectivity index (χ0v) is 8.93. The Hall–Kier alpha value is -0.850. The summed E-state index contributed by atoms with van der Waals surface area (Å²) in [6.45, 7) is 7.57. The molecule has 0 amide bonds. The average molecular weight is 192 g/mol. The third-order valence-electron chi connectivity index (χ3n) is 3.03. The summed E-state index contributed by atoms with van der Waals surface area (Å²) in [5, 5.41) is 0. The monoisotopic (exact) mass is 192 g/mol. The van der Waals surface area contributed by atoms with Gasteiger partial charge in [-0.2, -0.15) is 0 Å². The maximum atomic E-state index is 11.7. The minimum Gasteiger partial charge on any atom is -0.295 e. The Kier molecular flexibility index (Phi) is 4.64. The highest BCUT2D eigenvalue weighted by Gasteiger charge is 2.20. The molecule has 0 heterocycles. The number of hydrogen-bond acceptors (Lipinski definition) is 1. The maximum Gasteiger partial charge on any atom is 0.158 e. The molecule has 78 valence electrons. The summed E-state index contributed by atoms with van der Waals surface area (Å²) in [4.78, 5) is 11.7. The van der Waals surface area contributed by atoms with Gasteiger partial charge in [0.2, 0.25) is 0 Å². The minimum atomic E-state index is 0.247. The lowest BCUT2D eigenvalue weighted by Crippen LogP contribution is -2.15. The van der Waals surface area contributed by atoms with Crippen molar-refractivity contribution in [2.24, 2.45) is 5.92 Å². The minimum absolute atomic E-state index is 0.247. The lowest BCUT2D eigenvalue weighted by Gasteiger charge is -2.22. The Bertz CT molecular complexity index is 221. The summed E-state index contributed by atoms with van der Waals surface area (Å²) in [5.74, 6) is 0.720. The van der Waals surface area contributed by atoms with E-state index in [1.54, 1.807) is 6.08 Å². The topological polar surface area (TPSA) is 17.1 Å². The van der Waals surface area contributed by atoms with Gasteiger partial charge in [0.1, 0.15) is 0 Å². The molecule has 1 heteroatoms. The van der Waals surface area contributed by atoms with Crippen molar-refractivity contribution in [3.63, 3.8) is 0 Å². The Morgan fingerprint density at radius 3 is 2.50 bits per heavy atom. The van der Waals surface area contributed by atoms with Crippen LogP contribution in [0.3, 0.4) is 0 Å². The van der Waals surface area contributed by atoms with Crippen LogP contribution in [0.2, 0.25) is 0 Å². The van der Waals surface area contributed by atoms with Crippen molar-refractivity contribution in [1.29, 1.82) is 0 Å². The molecule has 0 atom stereocenters. The molecule has 1 aliphatic rings. The molecule has 1 nitrogen and oxygen atoms in total. The molecule has 0 aromatic carbocycles. The first-order chi connectivity index (χ1) is 6.75. The predicted octanol–water partition coefficient (Wildman–Crippen LogP) is 3.66. The second kappa shape index (κ2) is 5.79. The van der Waals surface area contributed by atoms with Crippen molar-refractivity contribution < 1.29 is 4.79 Å². The van der Waals surface area contributed by atoms with Gasteiger partial charge in [-0.05, 0) is 30.8 Å². The van der Waals surface area contributed by atoms with Crippen LogP contribution in [0.1, 0.15) is 44.9 Å². The van der Waals surface area contributed by atoms with Gasteiger partial charge in [0.15, 0.2) is 5.78 Å². The molecule has 0 aromatic heterocycles. The number of hydrogen-bond donors (Lipinski definition) is 0. The van der Waals surface area contributed by atoms with Crippen molar-refractivity contribution in [3.8, 4) is 0 Å². The highest BCUT2D eigenvalue weighted by Crippen LogP contribution is 2.29. The highest BCUT2D eigenvalue weighted by molar-refractivity contribution is 5.95. The van der Waals surface area contributed by atoms with Gasteiger partial charge in [-0.25, -0.2) is 0 Å². The van der Waals surface area contributed by atoms with Crippen LogP contribution in [0.15, 0.2) is 24.8 Å². The lowest BCUT2D eigenvalue weighted by molar-refractivity contribution is -0.116. The van der Waals surface area contributed by atoms with E-state index in [0.29, 0.717) is 12.3 Å². The third kappa shape index (κ3) is 3.13. The van der Waals surface area contributed by atoms with Gasteiger partial charge >= 0.3 is 0 Å². The third-order valence-corrected chi connectivity index (χ3v) is 3.03. The predicted molar refractivity (Wildman–Crippen MR) is 60.2 cm³/mol. The first-order valence-electron chi connectivity index (χ1n) is 5.58. The van der Waals surface area contributed by atoms with Crippen LogP contribution >= 0.6 is 0 Å². The second-order valence-electron chi connectivity index (χ2n) is 4.11. The molecule has 0 spiro atoms. The molecule has 1 aliphatic carbocycles. The molecular formula is C13H20O. The molecule has 0 radical (unpaired) electrons. The normalized spacial score (nSPS) is 17.7. The molecule has 0 aliphatic heterocycles. The number of Topliss-reactive ketones (excluding diaryl/α,β-unsaturated/α-hetero) is 1. The smallest absolute Gasteiger partial charge is 0.158 e. The van der Waals surface area contributed by atoms with Crippen LogP contribution in [0.25, 0.3) is 0 Å². The molecule has 0 N–H and O–H groups in total. The van der Waals surface area contributed by atoms with Crippen LogP contribution in [-0.4, -0.2) is 5.78 Å². The fourth-order valence-electron chi connectivity index (χ4n) is 2.07. The van der Waals surface area contributed by atoms with E-state index in [1.807, 2.05) is 0 Å². The fraction of sp³-hybridized carbons (Fsp3) is 0.615. The van der Waals surface area contributed by atoms with Crippen molar-refractivity contribution in [2.75, 3.05) is 0 Å². The largest absolute Gasteiger partial charge is 0.295 e. The fourth-order valence-corrected chi connectivity index (χ4v) is 2.07. The summed E-state index contributed by atoms with van der Waals surface area (Å²) in [5.41, 5.74) is 0.867. The molecule has 1 saturated carbocycles. The van der Waals surface area contributed by atoms with E-state index >= 15 is 0 Å². The first-order valence-corrected chi connectivity index (χ1v) is 5.58. The van der Waals surface area contributed by atoms with Gasteiger partial charge in [-0.3, -0.25) is 4.79 Å². The standard InChI is InChI=1S/C13H20O/c1-3-4-10-13(14)11(2)12-8-6-5-7-9-12/h3,12H,1-2,4-10H2. The number of carbonyl (C=O) groups is 1. The van der Waals surface area contributed by atoms with Crippen LogP contribution in [0.5, 0.6) is 0 Å². The number of carbonyl (C=O) groups excluding carboxylic acids is 1. The Morgan fingerprint density at radius 2 is 1.93 bits per heavy atom. The Labute approximate surface area is 86.9 Å². The van der Waals surface area contributed by atoms with Crippen LogP contribution < -0.4 is 0 Å². The van der Waals surface area contributed by atoms with E-state index in [-0.39, 0.29) is 5.78 Å². The number of ketones is 1. The molecule has 0 bridgehead atoms. The van der Waals surface area contributed by atoms with Gasteiger partial charge in [0.25, 0.3) is 0 Å². The van der Waals surface area contributed by atoms with Gasteiger partial charge in [0, 0.05) is 6.42 Å². The molecular weight excluding hydrogens is 172 g/mol. The summed E-state index contributed by atoms with van der Waals surface area (Å²) < 4.78 is 0. The van der Waals surface area contributed by atoms with E-state index in [9.17, 15) is 4.79 Å². The zero-order valence-electron chi connectivity index (χ0n) is 8.93. The highest BCUT2D eigenvalue weighted by atomic mass is 16.1. The van der Waals surface area contributed by atoms with Crippen molar-refractivity contribution >= 4 is 5.78 Å². The summed E-state index contributed by atoms with van der Waals surface area (Å²) in [6.07, 6.45) is 9.36. The summed E-state index contributed by atoms with van der Waals surface area (Å²) in [6, 6.07) is 0. The van der Waals surface area contributed by atoms with E-state index < -0.39 is 0 Å². The summed E-state index contributed by atoms with van der Waals surface area (Å²) >= 11 is 0. The first kappa shape index (κ1) is 11.2. The van der Waals surface area contributed by atoms with Crippen LogP contribution in [0.4, 0.5) is 0 Å². The van der Waals surface area contributed by atoms with Gasteiger partial charge in [0.05, 0.1) is 0 Å². The van der Waals surface area contributed by atoms with Gasteiger partial charge in [-0.1, -0.05) is 31.9 Å². The van der Waals surface area contributed by atoms with Gasteiger partial charge < -0.3 is 0 Å². The quantitative estimate of drug-likeness (QED) is 0.480. The molecule has 1 fully saturated rings. The Morgan fingerprint density at radius 1 is 1.29 bits per heavy atom. The molecule has 0 unspecified atom stereocenters. The number of rotatable bonds is 5. The van der Waals surface area contributed by atoms with Gasteiger partial charge in [-0.15, -0.1) is 6.58 Å². The molecule has 1 rings (SSSR count). The Balaban J connectivity index is 2.38. The number of allylic oxidation sites excluding steroid dienone is 2. The van der Waals surface area contributed by atoms with E-state index in [2.05, 4.69) is 13.2 Å². The SMILES string of the molecule is C=CCCC(=O)C(=C)C1CCCCC1. The van der Waals surface area contributed by atoms with E-state index in [1.165, 1.54) is 32.1 Å². The lowest BCUT2D eigenvalue weighted by atomic mass is 9.82. The molecule has 14 heavy (non-hydrogen) atoms. The van der Waals surface area contributed by atoms with E-state index in [4.69, 9.17) is 0 Å². The zero-order chi connectivity index (χ0) is 10.4.